The lowest BCUT2D eigenvalue weighted by Gasteiger charge is -1.93. The number of ether oxygens (including phenoxy) is 1. The smallest absolute Gasteiger partial charge is 0.359 e. The number of hydrogen-bond donors (Lipinski definition) is 1. The normalized spacial score (nSPS) is 10.4. The van der Waals surface area contributed by atoms with E-state index in [4.69, 9.17) is 5.73 Å². The summed E-state index contributed by atoms with van der Waals surface area (Å²) in [5, 5.41) is 1.11. The second-order valence-electron chi connectivity index (χ2n) is 2.83. The number of methoxy groups -OCH3 is 1. The molecule has 16 heavy (non-hydrogen) atoms. The summed E-state index contributed by atoms with van der Waals surface area (Å²) in [5.74, 6) is -0.504. The quantitative estimate of drug-likeness (QED) is 0.864. The highest BCUT2D eigenvalue weighted by Gasteiger charge is 2.18. The summed E-state index contributed by atoms with van der Waals surface area (Å²) in [5.41, 5.74) is 5.90. The first-order valence-electron chi connectivity index (χ1n) is 4.22. The Labute approximate surface area is 108 Å². The topological polar surface area (TPSA) is 65.2 Å². The number of esters is 1. The summed E-state index contributed by atoms with van der Waals surface area (Å²) in [7, 11) is 1.31. The van der Waals surface area contributed by atoms with Crippen LogP contribution in [0, 0.1) is 0 Å². The lowest BCUT2D eigenvalue weighted by molar-refractivity contribution is 0.0596. The number of hydrogen-bond acceptors (Lipinski definition) is 6. The maximum atomic E-state index is 11.3. The molecule has 0 saturated carbocycles. The Balaban J connectivity index is 2.41. The molecule has 2 aromatic rings. The van der Waals surface area contributed by atoms with Crippen LogP contribution in [-0.2, 0) is 4.74 Å². The third kappa shape index (κ3) is 2.11. The Kier molecular flexibility index (Phi) is 3.27. The molecule has 0 radical (unpaired) electrons. The van der Waals surface area contributed by atoms with Gasteiger partial charge in [-0.05, 0) is 28.1 Å². The molecule has 0 aliphatic rings. The molecule has 7 heteroatoms. The van der Waals surface area contributed by atoms with Gasteiger partial charge < -0.3 is 10.5 Å². The van der Waals surface area contributed by atoms with Crippen molar-refractivity contribution in [3.05, 3.63) is 21.6 Å². The average Bonchev–Trinajstić information content (AvgIpc) is 2.83. The van der Waals surface area contributed by atoms with E-state index in [1.54, 1.807) is 0 Å². The number of anilines is 1. The molecule has 0 bridgehead atoms. The van der Waals surface area contributed by atoms with Crippen LogP contribution in [-0.4, -0.2) is 18.1 Å². The SMILES string of the molecule is COC(=O)c1nc(-c2ccc(Br)s2)sc1N. The zero-order chi connectivity index (χ0) is 11.7. The number of rotatable bonds is 2. The van der Waals surface area contributed by atoms with E-state index in [1.165, 1.54) is 29.8 Å². The van der Waals surface area contributed by atoms with Crippen LogP contribution in [0.5, 0.6) is 0 Å². The lowest BCUT2D eigenvalue weighted by atomic mass is 10.4. The molecule has 2 heterocycles. The molecule has 2 aromatic heterocycles. The zero-order valence-electron chi connectivity index (χ0n) is 8.19. The highest BCUT2D eigenvalue weighted by Crippen LogP contribution is 2.36. The molecule has 0 saturated heterocycles. The van der Waals surface area contributed by atoms with Crippen molar-refractivity contribution < 1.29 is 9.53 Å². The van der Waals surface area contributed by atoms with Crippen LogP contribution >= 0.6 is 38.6 Å². The number of thiazole rings is 1. The Morgan fingerprint density at radius 2 is 2.25 bits per heavy atom. The van der Waals surface area contributed by atoms with Crippen molar-refractivity contribution in [1.29, 1.82) is 0 Å². The fourth-order valence-electron chi connectivity index (χ4n) is 1.11. The van der Waals surface area contributed by atoms with Gasteiger partial charge in [0, 0.05) is 0 Å². The summed E-state index contributed by atoms with van der Waals surface area (Å²) >= 11 is 6.19. The van der Waals surface area contributed by atoms with Gasteiger partial charge >= 0.3 is 5.97 Å². The molecule has 0 spiro atoms. The van der Waals surface area contributed by atoms with Crippen molar-refractivity contribution in [2.75, 3.05) is 12.8 Å². The van der Waals surface area contributed by atoms with Gasteiger partial charge in [0.1, 0.15) is 10.0 Å². The van der Waals surface area contributed by atoms with Gasteiger partial charge in [-0.25, -0.2) is 9.78 Å². The fraction of sp³-hybridized carbons (Fsp3) is 0.111. The molecule has 84 valence electrons. The van der Waals surface area contributed by atoms with Crippen molar-refractivity contribution in [2.45, 2.75) is 0 Å². The molecule has 2 N–H and O–H groups in total. The molecule has 4 nitrogen and oxygen atoms in total. The predicted molar refractivity (Wildman–Crippen MR) is 68.9 cm³/mol. The minimum absolute atomic E-state index is 0.187. The molecule has 0 amide bonds. The third-order valence-corrected chi connectivity index (χ3v) is 4.49. The van der Waals surface area contributed by atoms with Gasteiger partial charge in [0.15, 0.2) is 5.69 Å². The molecule has 2 rings (SSSR count). The monoisotopic (exact) mass is 318 g/mol. The van der Waals surface area contributed by atoms with Crippen molar-refractivity contribution in [3.63, 3.8) is 0 Å². The van der Waals surface area contributed by atoms with E-state index in [0.717, 1.165) is 13.7 Å². The van der Waals surface area contributed by atoms with Gasteiger partial charge in [-0.3, -0.25) is 0 Å². The average molecular weight is 319 g/mol. The second-order valence-corrected chi connectivity index (χ2v) is 6.32. The Morgan fingerprint density at radius 1 is 1.50 bits per heavy atom. The highest BCUT2D eigenvalue weighted by atomic mass is 79.9. The lowest BCUT2D eigenvalue weighted by Crippen LogP contribution is -2.04. The molecular weight excluding hydrogens is 312 g/mol. The van der Waals surface area contributed by atoms with E-state index in [1.807, 2.05) is 12.1 Å². The Hall–Kier alpha value is -0.920. The van der Waals surface area contributed by atoms with Crippen molar-refractivity contribution >= 4 is 49.6 Å². The van der Waals surface area contributed by atoms with Crippen molar-refractivity contribution in [3.8, 4) is 9.88 Å². The minimum Gasteiger partial charge on any atom is -0.464 e. The molecule has 0 aliphatic heterocycles. The number of nitrogens with zero attached hydrogens (tertiary/aromatic N) is 1. The molecular formula is C9H7BrN2O2S2. The number of halogens is 1. The van der Waals surface area contributed by atoms with Crippen LogP contribution in [0.3, 0.4) is 0 Å². The second kappa shape index (κ2) is 4.52. The molecule has 0 unspecified atom stereocenters. The summed E-state index contributed by atoms with van der Waals surface area (Å²) < 4.78 is 5.60. The maximum Gasteiger partial charge on any atom is 0.359 e. The molecule has 0 aliphatic carbocycles. The van der Waals surface area contributed by atoms with Crippen LogP contribution in [0.15, 0.2) is 15.9 Å². The largest absolute Gasteiger partial charge is 0.464 e. The third-order valence-electron chi connectivity index (χ3n) is 1.82. The Morgan fingerprint density at radius 3 is 2.81 bits per heavy atom. The summed E-state index contributed by atoms with van der Waals surface area (Å²) in [6, 6.07) is 3.85. The van der Waals surface area contributed by atoms with Crippen LogP contribution in [0.2, 0.25) is 0 Å². The number of nitrogen functional groups attached to an aromatic ring is 1. The standard InChI is InChI=1S/C9H7BrN2O2S2/c1-14-9(13)6-7(11)16-8(12-6)4-2-3-5(10)15-4/h2-3H,11H2,1H3. The number of carbonyl (C=O) groups is 1. The highest BCUT2D eigenvalue weighted by molar-refractivity contribution is 9.11. The van der Waals surface area contributed by atoms with Gasteiger partial charge in [0.05, 0.1) is 15.8 Å². The zero-order valence-corrected chi connectivity index (χ0v) is 11.4. The van der Waals surface area contributed by atoms with Gasteiger partial charge in [-0.15, -0.1) is 11.3 Å². The predicted octanol–water partition coefficient (Wildman–Crippen LogP) is 3.00. The number of thiophene rings is 1. The van der Waals surface area contributed by atoms with Crippen LogP contribution in [0.1, 0.15) is 10.5 Å². The van der Waals surface area contributed by atoms with Crippen LogP contribution in [0.25, 0.3) is 9.88 Å². The van der Waals surface area contributed by atoms with E-state index in [9.17, 15) is 4.79 Å². The van der Waals surface area contributed by atoms with Crippen molar-refractivity contribution in [1.82, 2.24) is 4.98 Å². The first-order valence-corrected chi connectivity index (χ1v) is 6.64. The summed E-state index contributed by atoms with van der Waals surface area (Å²) in [4.78, 5) is 16.5. The first kappa shape index (κ1) is 11.6. The fourth-order valence-corrected chi connectivity index (χ4v) is 3.37. The molecule has 0 fully saturated rings. The van der Waals surface area contributed by atoms with Gasteiger partial charge in [0.2, 0.25) is 0 Å². The van der Waals surface area contributed by atoms with E-state index in [-0.39, 0.29) is 5.69 Å². The van der Waals surface area contributed by atoms with Gasteiger partial charge in [-0.2, -0.15) is 0 Å². The Bertz CT molecular complexity index is 535. The van der Waals surface area contributed by atoms with Crippen LogP contribution < -0.4 is 5.73 Å². The number of aromatic nitrogens is 1. The molecule has 0 aromatic carbocycles. The van der Waals surface area contributed by atoms with Crippen LogP contribution in [0.4, 0.5) is 5.00 Å². The van der Waals surface area contributed by atoms with E-state index < -0.39 is 5.97 Å². The minimum atomic E-state index is -0.504. The summed E-state index contributed by atoms with van der Waals surface area (Å²) in [6.07, 6.45) is 0. The van der Waals surface area contributed by atoms with Gasteiger partial charge in [-0.1, -0.05) is 11.3 Å². The van der Waals surface area contributed by atoms with E-state index >= 15 is 0 Å². The van der Waals surface area contributed by atoms with E-state index in [2.05, 4.69) is 25.7 Å². The molecule has 0 atom stereocenters. The van der Waals surface area contributed by atoms with Gasteiger partial charge in [0.25, 0.3) is 0 Å². The van der Waals surface area contributed by atoms with E-state index in [0.29, 0.717) is 5.00 Å². The summed E-state index contributed by atoms with van der Waals surface area (Å²) in [6.45, 7) is 0. The maximum absolute atomic E-state index is 11.3. The number of nitrogens with two attached hydrogens (primary N) is 1. The first-order chi connectivity index (χ1) is 7.61. The number of carbonyl (C=O) groups excluding carboxylic acids is 1. The van der Waals surface area contributed by atoms with Crippen molar-refractivity contribution in [2.24, 2.45) is 0 Å².